The second-order valence-corrected chi connectivity index (χ2v) is 6.60. The lowest BCUT2D eigenvalue weighted by Gasteiger charge is -2.25. The molecular formula is C16H19NO3S. The summed E-state index contributed by atoms with van der Waals surface area (Å²) in [6.07, 6.45) is 0. The lowest BCUT2D eigenvalue weighted by molar-refractivity contribution is 0.482. The van der Waals surface area contributed by atoms with Gasteiger partial charge in [-0.2, -0.15) is 8.42 Å². The summed E-state index contributed by atoms with van der Waals surface area (Å²) in [5.41, 5.74) is 3.15. The van der Waals surface area contributed by atoms with Gasteiger partial charge in [0.05, 0.1) is 5.75 Å². The second kappa shape index (κ2) is 6.74. The van der Waals surface area contributed by atoms with Gasteiger partial charge in [-0.15, -0.1) is 0 Å². The van der Waals surface area contributed by atoms with Crippen molar-refractivity contribution in [3.05, 3.63) is 65.7 Å². The van der Waals surface area contributed by atoms with Crippen molar-refractivity contribution in [3.8, 4) is 0 Å². The zero-order valence-corrected chi connectivity index (χ0v) is 12.8. The fraction of sp³-hybridized carbons (Fsp3) is 0.250. The van der Waals surface area contributed by atoms with E-state index in [1.165, 1.54) is 0 Å². The SMILES string of the molecule is Cc1cccc(N(CCS(=O)(=O)O)Cc2ccccc2)c1. The quantitative estimate of drug-likeness (QED) is 0.834. The van der Waals surface area contributed by atoms with Gasteiger partial charge in [-0.05, 0) is 30.2 Å². The van der Waals surface area contributed by atoms with Crippen molar-refractivity contribution in [2.24, 2.45) is 0 Å². The van der Waals surface area contributed by atoms with Crippen LogP contribution in [0.3, 0.4) is 0 Å². The van der Waals surface area contributed by atoms with Crippen LogP contribution in [0.4, 0.5) is 5.69 Å². The van der Waals surface area contributed by atoms with E-state index in [1.54, 1.807) is 0 Å². The maximum Gasteiger partial charge on any atom is 0.266 e. The van der Waals surface area contributed by atoms with Crippen LogP contribution in [0.2, 0.25) is 0 Å². The molecule has 112 valence electrons. The first kappa shape index (κ1) is 15.5. The summed E-state index contributed by atoms with van der Waals surface area (Å²) >= 11 is 0. The number of benzene rings is 2. The maximum absolute atomic E-state index is 11.0. The van der Waals surface area contributed by atoms with Crippen LogP contribution in [0.1, 0.15) is 11.1 Å². The van der Waals surface area contributed by atoms with Crippen molar-refractivity contribution < 1.29 is 13.0 Å². The molecule has 2 aromatic carbocycles. The lowest BCUT2D eigenvalue weighted by Crippen LogP contribution is -2.28. The second-order valence-electron chi connectivity index (χ2n) is 5.03. The molecule has 0 fully saturated rings. The topological polar surface area (TPSA) is 57.6 Å². The highest BCUT2D eigenvalue weighted by Gasteiger charge is 2.12. The van der Waals surface area contributed by atoms with Crippen molar-refractivity contribution >= 4 is 15.8 Å². The van der Waals surface area contributed by atoms with E-state index in [-0.39, 0.29) is 12.3 Å². The fourth-order valence-electron chi connectivity index (χ4n) is 2.15. The van der Waals surface area contributed by atoms with Crippen LogP contribution in [0, 0.1) is 6.92 Å². The van der Waals surface area contributed by atoms with Crippen LogP contribution in [-0.4, -0.2) is 25.3 Å². The zero-order chi connectivity index (χ0) is 15.3. The molecule has 0 saturated carbocycles. The molecule has 1 N–H and O–H groups in total. The van der Waals surface area contributed by atoms with E-state index in [9.17, 15) is 8.42 Å². The van der Waals surface area contributed by atoms with Gasteiger partial charge in [-0.25, -0.2) is 0 Å². The average molecular weight is 305 g/mol. The number of nitrogens with zero attached hydrogens (tertiary/aromatic N) is 1. The minimum atomic E-state index is -3.97. The van der Waals surface area contributed by atoms with E-state index in [4.69, 9.17) is 4.55 Å². The van der Waals surface area contributed by atoms with Crippen LogP contribution in [0.15, 0.2) is 54.6 Å². The minimum absolute atomic E-state index is 0.247. The number of anilines is 1. The molecule has 0 atom stereocenters. The highest BCUT2D eigenvalue weighted by atomic mass is 32.2. The Morgan fingerprint density at radius 3 is 2.38 bits per heavy atom. The third kappa shape index (κ3) is 5.21. The summed E-state index contributed by atoms with van der Waals surface area (Å²) in [4.78, 5) is 1.95. The molecule has 0 aliphatic carbocycles. The van der Waals surface area contributed by atoms with Crippen LogP contribution in [0.5, 0.6) is 0 Å². The Labute approximate surface area is 125 Å². The van der Waals surface area contributed by atoms with Crippen LogP contribution in [-0.2, 0) is 16.7 Å². The van der Waals surface area contributed by atoms with Crippen molar-refractivity contribution in [1.82, 2.24) is 0 Å². The molecule has 0 bridgehead atoms. The number of rotatable bonds is 6. The predicted octanol–water partition coefficient (Wildman–Crippen LogP) is 2.89. The average Bonchev–Trinajstić information content (AvgIpc) is 2.43. The maximum atomic E-state index is 11.0. The Morgan fingerprint density at radius 1 is 1.05 bits per heavy atom. The summed E-state index contributed by atoms with van der Waals surface area (Å²) in [6.45, 7) is 2.84. The third-order valence-electron chi connectivity index (χ3n) is 3.20. The first-order chi connectivity index (χ1) is 9.94. The number of hydrogen-bond donors (Lipinski definition) is 1. The summed E-state index contributed by atoms with van der Waals surface area (Å²) in [5.74, 6) is -0.284. The molecule has 0 heterocycles. The van der Waals surface area contributed by atoms with Crippen molar-refractivity contribution in [3.63, 3.8) is 0 Å². The number of hydrogen-bond acceptors (Lipinski definition) is 3. The zero-order valence-electron chi connectivity index (χ0n) is 11.9. The normalized spacial score (nSPS) is 11.3. The first-order valence-corrected chi connectivity index (χ1v) is 8.36. The van der Waals surface area contributed by atoms with E-state index >= 15 is 0 Å². The third-order valence-corrected chi connectivity index (χ3v) is 3.90. The van der Waals surface area contributed by atoms with Gasteiger partial charge in [-0.3, -0.25) is 4.55 Å². The molecule has 0 saturated heterocycles. The molecule has 0 amide bonds. The molecule has 0 aliphatic heterocycles. The highest BCUT2D eigenvalue weighted by Crippen LogP contribution is 2.18. The Kier molecular flexibility index (Phi) is 4.98. The van der Waals surface area contributed by atoms with Crippen LogP contribution < -0.4 is 4.90 Å². The van der Waals surface area contributed by atoms with Gasteiger partial charge in [0.1, 0.15) is 0 Å². The minimum Gasteiger partial charge on any atom is -0.366 e. The van der Waals surface area contributed by atoms with Gasteiger partial charge in [0, 0.05) is 18.8 Å². The molecule has 0 radical (unpaired) electrons. The molecule has 0 aliphatic rings. The fourth-order valence-corrected chi connectivity index (χ4v) is 2.60. The molecule has 0 spiro atoms. The molecule has 0 aromatic heterocycles. The standard InChI is InChI=1S/C16H19NO3S/c1-14-6-5-9-16(12-14)17(10-11-21(18,19)20)13-15-7-3-2-4-8-15/h2-9,12H,10-11,13H2,1H3,(H,18,19,20). The van der Waals surface area contributed by atoms with Crippen molar-refractivity contribution in [2.45, 2.75) is 13.5 Å². The van der Waals surface area contributed by atoms with Gasteiger partial charge in [0.25, 0.3) is 10.1 Å². The predicted molar refractivity (Wildman–Crippen MR) is 85.1 cm³/mol. The smallest absolute Gasteiger partial charge is 0.266 e. The summed E-state index contributed by atoms with van der Waals surface area (Å²) in [7, 11) is -3.97. The van der Waals surface area contributed by atoms with Gasteiger partial charge < -0.3 is 4.90 Å². The van der Waals surface area contributed by atoms with Crippen molar-refractivity contribution in [1.29, 1.82) is 0 Å². The van der Waals surface area contributed by atoms with Gasteiger partial charge >= 0.3 is 0 Å². The van der Waals surface area contributed by atoms with Crippen LogP contribution >= 0.6 is 0 Å². The van der Waals surface area contributed by atoms with Gasteiger partial charge in [0.15, 0.2) is 0 Å². The summed E-state index contributed by atoms with van der Waals surface area (Å²) in [5, 5.41) is 0. The molecular weight excluding hydrogens is 286 g/mol. The molecule has 4 nitrogen and oxygen atoms in total. The molecule has 5 heteroatoms. The molecule has 0 unspecified atom stereocenters. The Bertz CT molecular complexity index is 684. The first-order valence-electron chi connectivity index (χ1n) is 6.75. The Hall–Kier alpha value is -1.85. The number of aryl methyl sites for hydroxylation is 1. The Morgan fingerprint density at radius 2 is 1.76 bits per heavy atom. The van der Waals surface area contributed by atoms with E-state index in [0.717, 1.165) is 16.8 Å². The molecule has 2 aromatic rings. The Balaban J connectivity index is 2.21. The summed E-state index contributed by atoms with van der Waals surface area (Å²) in [6, 6.07) is 17.7. The van der Waals surface area contributed by atoms with Crippen molar-refractivity contribution in [2.75, 3.05) is 17.2 Å². The van der Waals surface area contributed by atoms with E-state index in [2.05, 4.69) is 0 Å². The van der Waals surface area contributed by atoms with Crippen LogP contribution in [0.25, 0.3) is 0 Å². The highest BCUT2D eigenvalue weighted by molar-refractivity contribution is 7.85. The van der Waals surface area contributed by atoms with Gasteiger partial charge in [0.2, 0.25) is 0 Å². The van der Waals surface area contributed by atoms with Gasteiger partial charge in [-0.1, -0.05) is 42.5 Å². The van der Waals surface area contributed by atoms with E-state index in [1.807, 2.05) is 66.4 Å². The monoisotopic (exact) mass is 305 g/mol. The van der Waals surface area contributed by atoms with E-state index in [0.29, 0.717) is 6.54 Å². The lowest BCUT2D eigenvalue weighted by atomic mass is 10.1. The largest absolute Gasteiger partial charge is 0.366 e. The molecule has 2 rings (SSSR count). The molecule has 21 heavy (non-hydrogen) atoms. The van der Waals surface area contributed by atoms with E-state index < -0.39 is 10.1 Å². The summed E-state index contributed by atoms with van der Waals surface area (Å²) < 4.78 is 31.0.